The Labute approximate surface area is 196 Å². The molecule has 1 saturated heterocycles. The fourth-order valence-corrected chi connectivity index (χ4v) is 3.83. The van der Waals surface area contributed by atoms with Crippen molar-refractivity contribution in [3.8, 4) is 16.9 Å². The number of phenolic OH excluding ortho intramolecular Hbond substituents is 1. The molecule has 1 unspecified atom stereocenters. The van der Waals surface area contributed by atoms with Crippen LogP contribution in [0.2, 0.25) is 0 Å². The van der Waals surface area contributed by atoms with E-state index in [1.807, 2.05) is 0 Å². The van der Waals surface area contributed by atoms with Crippen LogP contribution in [-0.2, 0) is 17.1 Å². The van der Waals surface area contributed by atoms with Gasteiger partial charge in [0.1, 0.15) is 11.4 Å². The van der Waals surface area contributed by atoms with Crippen LogP contribution in [-0.4, -0.2) is 39.4 Å². The van der Waals surface area contributed by atoms with Crippen molar-refractivity contribution < 1.29 is 41.0 Å². The predicted octanol–water partition coefficient (Wildman–Crippen LogP) is 5.83. The minimum absolute atomic E-state index is 0.103. The number of hydrogen-bond donors (Lipinski definition) is 1. The normalized spacial score (nSPS) is 17.4. The number of carbonyl (C=O) groups is 1. The molecule has 1 amide bonds. The Morgan fingerprint density at radius 2 is 1.63 bits per heavy atom. The van der Waals surface area contributed by atoms with Crippen molar-refractivity contribution in [3.63, 3.8) is 0 Å². The van der Waals surface area contributed by atoms with Crippen LogP contribution in [0.5, 0.6) is 5.75 Å². The van der Waals surface area contributed by atoms with E-state index in [0.29, 0.717) is 30.8 Å². The first-order valence-corrected chi connectivity index (χ1v) is 10.7. The number of hydrogen-bond acceptors (Lipinski definition) is 4. The number of alkyl halides is 6. The number of likely N-dealkylation sites (tertiary alicyclic amines) is 1. The topological polar surface area (TPSA) is 71.8 Å². The van der Waals surface area contributed by atoms with Gasteiger partial charge in [0.2, 0.25) is 0 Å². The number of carbonyl (C=O) groups excluding carboxylic acids is 1. The van der Waals surface area contributed by atoms with E-state index in [-0.39, 0.29) is 19.5 Å². The highest BCUT2D eigenvalue weighted by Crippen LogP contribution is 2.38. The number of nitrogens with zero attached hydrogens (tertiary/aromatic N) is 2. The molecule has 2 aromatic rings. The molecule has 6 nitrogen and oxygen atoms in total. The van der Waals surface area contributed by atoms with Gasteiger partial charge in [-0.15, -0.1) is 0 Å². The van der Waals surface area contributed by atoms with E-state index in [0.717, 1.165) is 10.6 Å². The second-order valence-electron chi connectivity index (χ2n) is 9.30. The Bertz CT molecular complexity index is 1160. The number of phenols is 1. The zero-order chi connectivity index (χ0) is 26.3. The zero-order valence-corrected chi connectivity index (χ0v) is 19.1. The van der Waals surface area contributed by atoms with Gasteiger partial charge >= 0.3 is 18.4 Å². The summed E-state index contributed by atoms with van der Waals surface area (Å²) in [6.07, 6.45) is -9.08. The number of aromatic nitrogens is 1. The minimum atomic E-state index is -4.88. The molecule has 12 heteroatoms. The maximum absolute atomic E-state index is 13.7. The third-order valence-electron chi connectivity index (χ3n) is 5.43. The van der Waals surface area contributed by atoms with E-state index >= 15 is 0 Å². The van der Waals surface area contributed by atoms with Crippen LogP contribution in [0, 0.1) is 0 Å². The lowest BCUT2D eigenvalue weighted by molar-refractivity contribution is -0.138. The van der Waals surface area contributed by atoms with Crippen molar-refractivity contribution in [2.75, 3.05) is 13.1 Å². The van der Waals surface area contributed by atoms with Gasteiger partial charge in [0.05, 0.1) is 22.7 Å². The summed E-state index contributed by atoms with van der Waals surface area (Å²) in [5.74, 6) is -0.984. The molecule has 1 N–H and O–H groups in total. The molecule has 0 radical (unpaired) electrons. The van der Waals surface area contributed by atoms with Crippen molar-refractivity contribution in [1.82, 2.24) is 9.47 Å². The summed E-state index contributed by atoms with van der Waals surface area (Å²) >= 11 is 0. The molecule has 0 aliphatic carbocycles. The Morgan fingerprint density at radius 3 is 2.17 bits per heavy atom. The Balaban J connectivity index is 2.08. The van der Waals surface area contributed by atoms with E-state index in [2.05, 4.69) is 0 Å². The average molecular weight is 506 g/mol. The molecule has 1 aromatic heterocycles. The molecule has 0 bridgehead atoms. The van der Waals surface area contributed by atoms with E-state index in [9.17, 15) is 41.0 Å². The van der Waals surface area contributed by atoms with Gasteiger partial charge < -0.3 is 19.3 Å². The number of halogens is 6. The molecule has 2 heterocycles. The second-order valence-corrected chi connectivity index (χ2v) is 9.30. The summed E-state index contributed by atoms with van der Waals surface area (Å²) in [5, 5.41) is 10.2. The Morgan fingerprint density at radius 1 is 1.00 bits per heavy atom. The highest BCUT2D eigenvalue weighted by Gasteiger charge is 2.36. The van der Waals surface area contributed by atoms with E-state index in [1.54, 1.807) is 20.8 Å². The molecule has 3 rings (SSSR count). The van der Waals surface area contributed by atoms with E-state index in [4.69, 9.17) is 4.74 Å². The minimum Gasteiger partial charge on any atom is -0.507 e. The summed E-state index contributed by atoms with van der Waals surface area (Å²) in [7, 11) is 0. The van der Waals surface area contributed by atoms with Crippen LogP contribution < -0.4 is 5.56 Å². The molecule has 1 aromatic carbocycles. The first-order chi connectivity index (χ1) is 16.0. The van der Waals surface area contributed by atoms with Crippen LogP contribution in [0.4, 0.5) is 31.1 Å². The van der Waals surface area contributed by atoms with Crippen molar-refractivity contribution in [1.29, 1.82) is 0 Å². The van der Waals surface area contributed by atoms with Gasteiger partial charge in [-0.05, 0) is 57.9 Å². The molecule has 0 saturated carbocycles. The molecule has 1 aliphatic rings. The van der Waals surface area contributed by atoms with Crippen LogP contribution in [0.3, 0.4) is 0 Å². The third kappa shape index (κ3) is 6.09. The predicted molar refractivity (Wildman–Crippen MR) is 114 cm³/mol. The standard InChI is InChI=1S/C23H24F6N2O4/c1-21(2,3)35-20(34)30-8-4-5-15(12-30)31-11-14(23(27,28)29)9-17(19(31)33)16-7-6-13(10-18(16)32)22(24,25)26/h6-7,9-11,15,32H,4-5,8,12H2,1-3H3. The van der Waals surface area contributed by atoms with Crippen LogP contribution in [0.25, 0.3) is 11.1 Å². The summed E-state index contributed by atoms with van der Waals surface area (Å²) in [6, 6.07) is 1.33. The van der Waals surface area contributed by atoms with Gasteiger partial charge in [-0.2, -0.15) is 26.3 Å². The fourth-order valence-electron chi connectivity index (χ4n) is 3.83. The van der Waals surface area contributed by atoms with Crippen molar-refractivity contribution in [2.24, 2.45) is 0 Å². The summed E-state index contributed by atoms with van der Waals surface area (Å²) in [6.45, 7) is 5.16. The number of rotatable bonds is 2. The van der Waals surface area contributed by atoms with Crippen LogP contribution in [0.15, 0.2) is 35.3 Å². The number of amides is 1. The molecular weight excluding hydrogens is 482 g/mol. The van der Waals surface area contributed by atoms with Gasteiger partial charge in [0.15, 0.2) is 0 Å². The lowest BCUT2D eigenvalue weighted by Gasteiger charge is -2.35. The molecule has 1 fully saturated rings. The largest absolute Gasteiger partial charge is 0.507 e. The number of ether oxygens (including phenoxy) is 1. The maximum atomic E-state index is 13.7. The van der Waals surface area contributed by atoms with Gasteiger partial charge in [-0.1, -0.05) is 0 Å². The third-order valence-corrected chi connectivity index (χ3v) is 5.43. The summed E-state index contributed by atoms with van der Waals surface area (Å²) in [4.78, 5) is 27.0. The van der Waals surface area contributed by atoms with E-state index < -0.39 is 63.7 Å². The van der Waals surface area contributed by atoms with Crippen molar-refractivity contribution in [2.45, 2.75) is 57.6 Å². The SMILES string of the molecule is CC(C)(C)OC(=O)N1CCCC(n2cc(C(F)(F)F)cc(-c3ccc(C(F)(F)F)cc3O)c2=O)C1. The Kier molecular flexibility index (Phi) is 6.89. The second kappa shape index (κ2) is 9.12. The average Bonchev–Trinajstić information content (AvgIpc) is 2.71. The molecule has 1 atom stereocenters. The van der Waals surface area contributed by atoms with Gasteiger partial charge in [-0.3, -0.25) is 4.79 Å². The summed E-state index contributed by atoms with van der Waals surface area (Å²) < 4.78 is 86.0. The summed E-state index contributed by atoms with van der Waals surface area (Å²) in [5.41, 5.74) is -5.26. The number of aromatic hydroxyl groups is 1. The molecular formula is C23H24F6N2O4. The van der Waals surface area contributed by atoms with Crippen molar-refractivity contribution >= 4 is 6.09 Å². The highest BCUT2D eigenvalue weighted by molar-refractivity contribution is 5.71. The first kappa shape index (κ1) is 26.4. The number of pyridine rings is 1. The van der Waals surface area contributed by atoms with E-state index in [1.165, 1.54) is 4.90 Å². The highest BCUT2D eigenvalue weighted by atomic mass is 19.4. The maximum Gasteiger partial charge on any atom is 0.417 e. The number of piperidine rings is 1. The quantitative estimate of drug-likeness (QED) is 0.521. The lowest BCUT2D eigenvalue weighted by Crippen LogP contribution is -2.45. The monoisotopic (exact) mass is 506 g/mol. The zero-order valence-electron chi connectivity index (χ0n) is 19.1. The molecule has 192 valence electrons. The smallest absolute Gasteiger partial charge is 0.417 e. The van der Waals surface area contributed by atoms with Gasteiger partial charge in [0, 0.05) is 24.8 Å². The van der Waals surface area contributed by atoms with Gasteiger partial charge in [0.25, 0.3) is 5.56 Å². The molecule has 0 spiro atoms. The Hall–Kier alpha value is -3.18. The molecule has 1 aliphatic heterocycles. The lowest BCUT2D eigenvalue weighted by atomic mass is 10.00. The van der Waals surface area contributed by atoms with Crippen LogP contribution in [0.1, 0.15) is 50.8 Å². The van der Waals surface area contributed by atoms with Gasteiger partial charge in [-0.25, -0.2) is 4.79 Å². The fraction of sp³-hybridized carbons (Fsp3) is 0.478. The van der Waals surface area contributed by atoms with Crippen LogP contribution >= 0.6 is 0 Å². The van der Waals surface area contributed by atoms with Crippen molar-refractivity contribution in [3.05, 3.63) is 51.9 Å². The number of benzene rings is 1. The molecule has 35 heavy (non-hydrogen) atoms. The first-order valence-electron chi connectivity index (χ1n) is 10.7.